The van der Waals surface area contributed by atoms with Gasteiger partial charge in [-0.25, -0.2) is 0 Å². The van der Waals surface area contributed by atoms with E-state index >= 15 is 0 Å². The first-order valence-corrected chi connectivity index (χ1v) is 7.41. The lowest BCUT2D eigenvalue weighted by Crippen LogP contribution is -2.50. The molecule has 4 nitrogen and oxygen atoms in total. The third-order valence-electron chi connectivity index (χ3n) is 4.50. The Morgan fingerprint density at radius 2 is 2.05 bits per heavy atom. The number of piperidine rings is 1. The normalized spacial score (nSPS) is 24.7. The molecule has 0 bridgehead atoms. The Kier molecular flexibility index (Phi) is 3.42. The summed E-state index contributed by atoms with van der Waals surface area (Å²) in [5, 5.41) is 13.3. The number of para-hydroxylation sites is 1. The van der Waals surface area contributed by atoms with E-state index < -0.39 is 5.60 Å². The van der Waals surface area contributed by atoms with Gasteiger partial charge in [-0.2, -0.15) is 0 Å². The van der Waals surface area contributed by atoms with Gasteiger partial charge in [0.25, 0.3) is 0 Å². The molecule has 0 radical (unpaired) electrons. The molecule has 1 amide bonds. The van der Waals surface area contributed by atoms with Crippen molar-refractivity contribution in [1.82, 2.24) is 4.90 Å². The van der Waals surface area contributed by atoms with E-state index in [9.17, 15) is 9.90 Å². The lowest BCUT2D eigenvalue weighted by atomic mass is 9.92. The second kappa shape index (κ2) is 5.09. The molecule has 0 aromatic heterocycles. The maximum atomic E-state index is 12.6. The van der Waals surface area contributed by atoms with E-state index in [1.54, 1.807) is 0 Å². The molecule has 1 aromatic carbocycles. The van der Waals surface area contributed by atoms with Gasteiger partial charge in [0.1, 0.15) is 6.04 Å². The Bertz CT molecular complexity index is 503. The number of fused-ring (bicyclic) bond motifs is 1. The largest absolute Gasteiger partial charge is 0.390 e. The molecule has 3 rings (SSSR count). The molecule has 2 aliphatic heterocycles. The van der Waals surface area contributed by atoms with Gasteiger partial charge < -0.3 is 15.3 Å². The summed E-state index contributed by atoms with van der Waals surface area (Å²) in [6.45, 7) is 3.17. The number of anilines is 1. The number of nitrogens with one attached hydrogen (secondary N) is 1. The highest BCUT2D eigenvalue weighted by atomic mass is 16.3. The average molecular weight is 274 g/mol. The number of carbonyl (C=O) groups excluding carboxylic acids is 1. The first kappa shape index (κ1) is 13.4. The van der Waals surface area contributed by atoms with Gasteiger partial charge in [-0.1, -0.05) is 18.2 Å². The Balaban J connectivity index is 1.65. The van der Waals surface area contributed by atoms with E-state index in [4.69, 9.17) is 0 Å². The molecule has 2 aliphatic rings. The van der Waals surface area contributed by atoms with Crippen molar-refractivity contribution in [3.8, 4) is 0 Å². The number of benzene rings is 1. The molecule has 1 atom stereocenters. The number of rotatable bonds is 1. The van der Waals surface area contributed by atoms with Crippen LogP contribution in [0.3, 0.4) is 0 Å². The zero-order valence-electron chi connectivity index (χ0n) is 11.9. The van der Waals surface area contributed by atoms with Gasteiger partial charge >= 0.3 is 0 Å². The molecule has 0 aliphatic carbocycles. The first-order chi connectivity index (χ1) is 9.55. The standard InChI is InChI=1S/C16H22N2O2/c1-16(20)8-10-18(11-9-16)15(19)14-7-6-12-4-2-3-5-13(12)17-14/h2-5,14,17,20H,6-11H2,1H3. The molecule has 0 spiro atoms. The Morgan fingerprint density at radius 3 is 2.80 bits per heavy atom. The van der Waals surface area contributed by atoms with Crippen LogP contribution in [-0.4, -0.2) is 40.6 Å². The van der Waals surface area contributed by atoms with Crippen molar-refractivity contribution in [3.63, 3.8) is 0 Å². The number of hydrogen-bond donors (Lipinski definition) is 2. The lowest BCUT2D eigenvalue weighted by molar-refractivity contribution is -0.135. The van der Waals surface area contributed by atoms with Crippen molar-refractivity contribution in [1.29, 1.82) is 0 Å². The SMILES string of the molecule is CC1(O)CCN(C(=O)C2CCc3ccccc3N2)CC1. The fourth-order valence-corrected chi connectivity index (χ4v) is 3.05. The van der Waals surface area contributed by atoms with Crippen LogP contribution in [-0.2, 0) is 11.2 Å². The molecule has 2 N–H and O–H groups in total. The van der Waals surface area contributed by atoms with Gasteiger partial charge in [0, 0.05) is 18.8 Å². The zero-order valence-corrected chi connectivity index (χ0v) is 11.9. The van der Waals surface area contributed by atoms with Crippen LogP contribution >= 0.6 is 0 Å². The highest BCUT2D eigenvalue weighted by Gasteiger charge is 2.33. The quantitative estimate of drug-likeness (QED) is 0.821. The molecular weight excluding hydrogens is 252 g/mol. The number of aliphatic hydroxyl groups is 1. The van der Waals surface area contributed by atoms with Crippen LogP contribution < -0.4 is 5.32 Å². The second-order valence-corrected chi connectivity index (χ2v) is 6.21. The van der Waals surface area contributed by atoms with Crippen molar-refractivity contribution in [2.45, 2.75) is 44.2 Å². The smallest absolute Gasteiger partial charge is 0.245 e. The monoisotopic (exact) mass is 274 g/mol. The van der Waals surface area contributed by atoms with Crippen LogP contribution in [0.1, 0.15) is 31.7 Å². The van der Waals surface area contributed by atoms with Crippen molar-refractivity contribution < 1.29 is 9.90 Å². The Hall–Kier alpha value is -1.55. The maximum Gasteiger partial charge on any atom is 0.245 e. The minimum absolute atomic E-state index is 0.118. The van der Waals surface area contributed by atoms with E-state index in [1.165, 1.54) is 5.56 Å². The van der Waals surface area contributed by atoms with Crippen molar-refractivity contribution in [3.05, 3.63) is 29.8 Å². The predicted octanol–water partition coefficient (Wildman–Crippen LogP) is 1.79. The molecule has 1 aromatic rings. The molecule has 0 saturated carbocycles. The van der Waals surface area contributed by atoms with Gasteiger partial charge in [-0.05, 0) is 44.2 Å². The zero-order chi connectivity index (χ0) is 14.2. The summed E-state index contributed by atoms with van der Waals surface area (Å²) >= 11 is 0. The van der Waals surface area contributed by atoms with Crippen LogP contribution in [0.5, 0.6) is 0 Å². The van der Waals surface area contributed by atoms with E-state index in [-0.39, 0.29) is 11.9 Å². The molecule has 4 heteroatoms. The van der Waals surface area contributed by atoms with Gasteiger partial charge in [0.2, 0.25) is 5.91 Å². The van der Waals surface area contributed by atoms with E-state index in [0.29, 0.717) is 25.9 Å². The van der Waals surface area contributed by atoms with Crippen LogP contribution in [0.4, 0.5) is 5.69 Å². The van der Waals surface area contributed by atoms with Crippen molar-refractivity contribution >= 4 is 11.6 Å². The Labute approximate surface area is 119 Å². The second-order valence-electron chi connectivity index (χ2n) is 6.21. The molecule has 20 heavy (non-hydrogen) atoms. The molecule has 2 heterocycles. The summed E-state index contributed by atoms with van der Waals surface area (Å²) in [7, 11) is 0. The number of likely N-dealkylation sites (tertiary alicyclic amines) is 1. The molecule has 1 saturated heterocycles. The first-order valence-electron chi connectivity index (χ1n) is 7.41. The van der Waals surface area contributed by atoms with Gasteiger partial charge in [-0.3, -0.25) is 4.79 Å². The third kappa shape index (κ3) is 2.66. The third-order valence-corrected chi connectivity index (χ3v) is 4.50. The topological polar surface area (TPSA) is 52.6 Å². The average Bonchev–Trinajstić information content (AvgIpc) is 2.46. The summed E-state index contributed by atoms with van der Waals surface area (Å²) < 4.78 is 0. The fraction of sp³-hybridized carbons (Fsp3) is 0.562. The molecule has 1 unspecified atom stereocenters. The minimum atomic E-state index is -0.608. The summed E-state index contributed by atoms with van der Waals surface area (Å²) in [6.07, 6.45) is 3.14. The summed E-state index contributed by atoms with van der Waals surface area (Å²) in [5.74, 6) is 0.176. The Morgan fingerprint density at radius 1 is 1.35 bits per heavy atom. The van der Waals surface area contributed by atoms with Gasteiger partial charge in [0.15, 0.2) is 0 Å². The highest BCUT2D eigenvalue weighted by molar-refractivity contribution is 5.85. The number of carbonyl (C=O) groups is 1. The maximum absolute atomic E-state index is 12.6. The number of aryl methyl sites for hydroxylation is 1. The lowest BCUT2D eigenvalue weighted by Gasteiger charge is -2.38. The highest BCUT2D eigenvalue weighted by Crippen LogP contribution is 2.27. The molecule has 1 fully saturated rings. The van der Waals surface area contributed by atoms with Crippen LogP contribution in [0, 0.1) is 0 Å². The molecular formula is C16H22N2O2. The summed E-state index contributed by atoms with van der Waals surface area (Å²) in [6, 6.07) is 8.07. The van der Waals surface area contributed by atoms with Crippen molar-refractivity contribution in [2.24, 2.45) is 0 Å². The van der Waals surface area contributed by atoms with Gasteiger partial charge in [-0.15, -0.1) is 0 Å². The van der Waals surface area contributed by atoms with E-state index in [2.05, 4.69) is 11.4 Å². The van der Waals surface area contributed by atoms with Crippen molar-refractivity contribution in [2.75, 3.05) is 18.4 Å². The van der Waals surface area contributed by atoms with E-state index in [1.807, 2.05) is 30.0 Å². The minimum Gasteiger partial charge on any atom is -0.390 e. The van der Waals surface area contributed by atoms with Crippen LogP contribution in [0.2, 0.25) is 0 Å². The summed E-state index contributed by atoms with van der Waals surface area (Å²) in [4.78, 5) is 14.4. The number of nitrogens with zero attached hydrogens (tertiary/aromatic N) is 1. The van der Waals surface area contributed by atoms with Crippen LogP contribution in [0.25, 0.3) is 0 Å². The number of hydrogen-bond acceptors (Lipinski definition) is 3. The number of amides is 1. The van der Waals surface area contributed by atoms with Crippen LogP contribution in [0.15, 0.2) is 24.3 Å². The fourth-order valence-electron chi connectivity index (χ4n) is 3.05. The predicted molar refractivity (Wildman–Crippen MR) is 78.6 cm³/mol. The van der Waals surface area contributed by atoms with E-state index in [0.717, 1.165) is 18.5 Å². The molecule has 108 valence electrons. The summed E-state index contributed by atoms with van der Waals surface area (Å²) in [5.41, 5.74) is 1.77. The van der Waals surface area contributed by atoms with Gasteiger partial charge in [0.05, 0.1) is 5.60 Å².